The number of benzene rings is 4. The van der Waals surface area contributed by atoms with Crippen molar-refractivity contribution < 1.29 is 9.59 Å². The summed E-state index contributed by atoms with van der Waals surface area (Å²) in [6.07, 6.45) is 1.71. The standard InChI is InChI=1S/C24H16N2O2/c27-23-22(24(28)26(25-23)18-10-2-1-3-11-18)15-21-19-12-6-4-8-16(19)14-17-9-5-7-13-20(17)21/h1-15H,(H,25,27)/b22-15-. The fraction of sp³-hybridized carbons (Fsp3) is 0. The van der Waals surface area contributed by atoms with Crippen LogP contribution in [-0.2, 0) is 9.59 Å². The van der Waals surface area contributed by atoms with Gasteiger partial charge < -0.3 is 0 Å². The van der Waals surface area contributed by atoms with Crippen LogP contribution in [0, 0.1) is 0 Å². The van der Waals surface area contributed by atoms with Gasteiger partial charge in [-0.15, -0.1) is 0 Å². The third-order valence-corrected chi connectivity index (χ3v) is 5.01. The van der Waals surface area contributed by atoms with Crippen molar-refractivity contribution in [2.45, 2.75) is 0 Å². The molecule has 1 fully saturated rings. The van der Waals surface area contributed by atoms with E-state index in [1.165, 1.54) is 5.01 Å². The van der Waals surface area contributed by atoms with E-state index in [9.17, 15) is 9.59 Å². The van der Waals surface area contributed by atoms with Crippen LogP contribution in [0.2, 0.25) is 0 Å². The molecule has 1 saturated heterocycles. The molecule has 4 aromatic carbocycles. The second-order valence-corrected chi connectivity index (χ2v) is 6.71. The Balaban J connectivity index is 1.71. The van der Waals surface area contributed by atoms with Crippen molar-refractivity contribution in [3.63, 3.8) is 0 Å². The molecule has 28 heavy (non-hydrogen) atoms. The van der Waals surface area contributed by atoms with E-state index < -0.39 is 5.91 Å². The molecule has 0 saturated carbocycles. The summed E-state index contributed by atoms with van der Waals surface area (Å²) in [4.78, 5) is 25.6. The van der Waals surface area contributed by atoms with Crippen LogP contribution in [-0.4, -0.2) is 11.8 Å². The monoisotopic (exact) mass is 364 g/mol. The maximum atomic E-state index is 13.0. The first-order chi connectivity index (χ1) is 13.7. The normalized spacial score (nSPS) is 15.6. The highest BCUT2D eigenvalue weighted by Crippen LogP contribution is 2.31. The minimum absolute atomic E-state index is 0.130. The fourth-order valence-electron chi connectivity index (χ4n) is 3.67. The van der Waals surface area contributed by atoms with Crippen molar-refractivity contribution in [1.29, 1.82) is 0 Å². The molecule has 4 heteroatoms. The maximum absolute atomic E-state index is 13.0. The van der Waals surface area contributed by atoms with Gasteiger partial charge in [0.05, 0.1) is 5.69 Å². The maximum Gasteiger partial charge on any atom is 0.282 e. The number of carbonyl (C=O) groups excluding carboxylic acids is 2. The molecule has 0 radical (unpaired) electrons. The molecule has 0 atom stereocenters. The average Bonchev–Trinajstić information content (AvgIpc) is 3.02. The van der Waals surface area contributed by atoms with E-state index in [-0.39, 0.29) is 11.5 Å². The Morgan fingerprint density at radius 3 is 1.93 bits per heavy atom. The van der Waals surface area contributed by atoms with Gasteiger partial charge in [-0.3, -0.25) is 15.0 Å². The highest BCUT2D eigenvalue weighted by molar-refractivity contribution is 6.32. The van der Waals surface area contributed by atoms with Gasteiger partial charge in [-0.1, -0.05) is 66.7 Å². The molecule has 1 heterocycles. The van der Waals surface area contributed by atoms with Crippen molar-refractivity contribution in [1.82, 2.24) is 5.43 Å². The number of amides is 2. The zero-order chi connectivity index (χ0) is 19.1. The third kappa shape index (κ3) is 2.55. The van der Waals surface area contributed by atoms with Crippen LogP contribution in [0.4, 0.5) is 5.69 Å². The highest BCUT2D eigenvalue weighted by Gasteiger charge is 2.34. The zero-order valence-electron chi connectivity index (χ0n) is 14.9. The van der Waals surface area contributed by atoms with Crippen molar-refractivity contribution in [3.8, 4) is 0 Å². The van der Waals surface area contributed by atoms with Gasteiger partial charge >= 0.3 is 0 Å². The Morgan fingerprint density at radius 2 is 1.29 bits per heavy atom. The lowest BCUT2D eigenvalue weighted by atomic mass is 9.95. The summed E-state index contributed by atoms with van der Waals surface area (Å²) in [6, 6.07) is 27.2. The van der Waals surface area contributed by atoms with Crippen molar-refractivity contribution in [2.24, 2.45) is 0 Å². The van der Waals surface area contributed by atoms with Crippen LogP contribution in [0.5, 0.6) is 0 Å². The SMILES string of the molecule is O=C1NN(c2ccccc2)C(=O)/C1=C\c1c2ccccc2cc2ccccc12. The summed E-state index contributed by atoms with van der Waals surface area (Å²) in [7, 11) is 0. The van der Waals surface area contributed by atoms with E-state index in [4.69, 9.17) is 0 Å². The molecule has 0 bridgehead atoms. The van der Waals surface area contributed by atoms with E-state index >= 15 is 0 Å². The molecule has 134 valence electrons. The van der Waals surface area contributed by atoms with Gasteiger partial charge in [0.2, 0.25) is 0 Å². The third-order valence-electron chi connectivity index (χ3n) is 5.01. The number of para-hydroxylation sites is 1. The van der Waals surface area contributed by atoms with E-state index in [0.29, 0.717) is 5.69 Å². The van der Waals surface area contributed by atoms with Gasteiger partial charge in [0.15, 0.2) is 0 Å². The van der Waals surface area contributed by atoms with Gasteiger partial charge in [0, 0.05) is 0 Å². The number of hydrazine groups is 1. The molecular formula is C24H16N2O2. The van der Waals surface area contributed by atoms with Gasteiger partial charge in [-0.05, 0) is 51.4 Å². The predicted octanol–water partition coefficient (Wildman–Crippen LogP) is 4.45. The molecule has 2 amide bonds. The zero-order valence-corrected chi connectivity index (χ0v) is 14.9. The number of nitrogens with one attached hydrogen (secondary N) is 1. The summed E-state index contributed by atoms with van der Waals surface area (Å²) >= 11 is 0. The first-order valence-corrected chi connectivity index (χ1v) is 9.05. The summed E-state index contributed by atoms with van der Waals surface area (Å²) < 4.78 is 0. The van der Waals surface area contributed by atoms with Crippen molar-refractivity contribution in [2.75, 3.05) is 5.01 Å². The smallest absolute Gasteiger partial charge is 0.267 e. The van der Waals surface area contributed by atoms with Gasteiger partial charge in [-0.25, -0.2) is 5.01 Å². The molecule has 1 aliphatic rings. The number of fused-ring (bicyclic) bond motifs is 2. The molecule has 0 aromatic heterocycles. The Labute approximate surface area is 161 Å². The second kappa shape index (κ2) is 6.35. The molecule has 4 nitrogen and oxygen atoms in total. The first-order valence-electron chi connectivity index (χ1n) is 9.05. The quantitative estimate of drug-likeness (QED) is 0.324. The lowest BCUT2D eigenvalue weighted by Crippen LogP contribution is -2.35. The minimum Gasteiger partial charge on any atom is -0.267 e. The van der Waals surface area contributed by atoms with Gasteiger partial charge in [0.25, 0.3) is 11.8 Å². The average molecular weight is 364 g/mol. The summed E-state index contributed by atoms with van der Waals surface area (Å²) in [6.45, 7) is 0. The van der Waals surface area contributed by atoms with E-state index in [2.05, 4.69) is 11.5 Å². The van der Waals surface area contributed by atoms with Gasteiger partial charge in [0.1, 0.15) is 5.57 Å². The van der Waals surface area contributed by atoms with Crippen LogP contribution < -0.4 is 10.4 Å². The topological polar surface area (TPSA) is 49.4 Å². The van der Waals surface area contributed by atoms with Crippen molar-refractivity contribution in [3.05, 3.63) is 96.1 Å². The number of hydrogen-bond acceptors (Lipinski definition) is 2. The molecule has 4 aromatic rings. The Bertz CT molecular complexity index is 1220. The van der Waals surface area contributed by atoms with Gasteiger partial charge in [-0.2, -0.15) is 0 Å². The molecule has 5 rings (SSSR count). The van der Waals surface area contributed by atoms with E-state index in [1.807, 2.05) is 66.7 Å². The minimum atomic E-state index is -0.397. The number of rotatable bonds is 2. The van der Waals surface area contributed by atoms with E-state index in [0.717, 1.165) is 27.1 Å². The van der Waals surface area contributed by atoms with Crippen molar-refractivity contribution >= 4 is 45.1 Å². The fourth-order valence-corrected chi connectivity index (χ4v) is 3.67. The first kappa shape index (κ1) is 16.3. The largest absolute Gasteiger partial charge is 0.282 e. The van der Waals surface area contributed by atoms with Crippen LogP contribution in [0.1, 0.15) is 5.56 Å². The Morgan fingerprint density at radius 1 is 0.714 bits per heavy atom. The number of carbonyl (C=O) groups is 2. The number of anilines is 1. The molecular weight excluding hydrogens is 348 g/mol. The van der Waals surface area contributed by atoms with Crippen LogP contribution in [0.25, 0.3) is 27.6 Å². The lowest BCUT2D eigenvalue weighted by molar-refractivity contribution is -0.117. The molecule has 0 unspecified atom stereocenters. The highest BCUT2D eigenvalue weighted by atomic mass is 16.2. The Hall–Kier alpha value is -3.92. The molecule has 1 N–H and O–H groups in total. The molecule has 0 aliphatic carbocycles. The van der Waals surface area contributed by atoms with Crippen LogP contribution in [0.15, 0.2) is 90.5 Å². The summed E-state index contributed by atoms with van der Waals surface area (Å²) in [5.41, 5.74) is 4.30. The summed E-state index contributed by atoms with van der Waals surface area (Å²) in [5.74, 6) is -0.751. The Kier molecular flexibility index (Phi) is 3.69. The summed E-state index contributed by atoms with van der Waals surface area (Å²) in [5, 5.41) is 5.44. The second-order valence-electron chi connectivity index (χ2n) is 6.71. The number of hydrogen-bond donors (Lipinski definition) is 1. The van der Waals surface area contributed by atoms with Crippen LogP contribution >= 0.6 is 0 Å². The molecule has 1 aliphatic heterocycles. The van der Waals surface area contributed by atoms with Crippen LogP contribution in [0.3, 0.4) is 0 Å². The van der Waals surface area contributed by atoms with E-state index in [1.54, 1.807) is 18.2 Å². The molecule has 0 spiro atoms. The predicted molar refractivity (Wildman–Crippen MR) is 112 cm³/mol. The lowest BCUT2D eigenvalue weighted by Gasteiger charge is -2.14. The number of nitrogens with zero attached hydrogens (tertiary/aromatic N) is 1.